The van der Waals surface area contributed by atoms with Crippen LogP contribution in [0.2, 0.25) is 0 Å². The number of rotatable bonds is 3. The standard InChI is InChI=1S/C37H53NO8/c1-21(2)14-25(6)33-26(7)31(38-42-8)19-36(46-33)18-29-17-28(45-36)13-12-23(4)15-22(3)10-9-11-27-20-43-34-32(39)24(5)16-30(35(40)44-29)37(27,34)41/h9-12,14,16,21-22,26,28-30,32-34,39,41H,13,15,17-20H2,1-8H3/b10-9+,23-12+,25-14+,27-11+,38-31-/t22-,26-,28+,29-,30-,32+,33+,34+,36-,37+/m0/s1/i8+1D3. The fourth-order valence-corrected chi connectivity index (χ4v) is 7.88. The van der Waals surface area contributed by atoms with Crippen molar-refractivity contribution in [1.82, 2.24) is 0 Å². The normalized spacial score (nSPS) is 45.7. The molecule has 2 N–H and O–H groups in total. The van der Waals surface area contributed by atoms with Gasteiger partial charge in [0.2, 0.25) is 0 Å². The molecule has 5 rings (SSSR count). The Kier molecular flexibility index (Phi) is 9.29. The molecule has 0 saturated carbocycles. The summed E-state index contributed by atoms with van der Waals surface area (Å²) in [6.07, 6.45) is 9.89. The molecule has 4 aliphatic heterocycles. The van der Waals surface area contributed by atoms with Gasteiger partial charge in [0, 0.05) is 25.2 Å². The molecule has 0 amide bonds. The van der Waals surface area contributed by atoms with Gasteiger partial charge in [0.05, 0.1) is 28.6 Å². The van der Waals surface area contributed by atoms with E-state index in [9.17, 15) is 15.0 Å². The van der Waals surface area contributed by atoms with E-state index < -0.39 is 60.8 Å². The third-order valence-electron chi connectivity index (χ3n) is 10.1. The number of carbonyl (C=O) groups is 1. The van der Waals surface area contributed by atoms with E-state index in [1.54, 1.807) is 19.1 Å². The van der Waals surface area contributed by atoms with Crippen LogP contribution in [-0.2, 0) is 28.6 Å². The van der Waals surface area contributed by atoms with Gasteiger partial charge in [0.15, 0.2) is 5.79 Å². The molecule has 0 aromatic rings. The SMILES string of the molecule is [2H][13C]([2H])([2H])O/N=C1/C[C@]2(C[C@@H]3C[C@@H](C/C=C(\C)C[C@@H](C)/C=C/C=C4\CO[C@@H]5[C@H](O)C(C)=C[C@@H](C(=O)O3)[C@]45O)O2)O[C@H](/C(C)=C/C(C)C)[C@H]1C. The number of oxime groups is 1. The van der Waals surface area contributed by atoms with Crippen LogP contribution in [-0.4, -0.2) is 77.4 Å². The molecule has 1 aliphatic carbocycles. The number of ether oxygens (including phenoxy) is 4. The van der Waals surface area contributed by atoms with Crippen molar-refractivity contribution in [3.8, 4) is 0 Å². The summed E-state index contributed by atoms with van der Waals surface area (Å²) in [6, 6.07) is 0. The molecular formula is C37H53NO8. The fourth-order valence-electron chi connectivity index (χ4n) is 7.88. The summed E-state index contributed by atoms with van der Waals surface area (Å²) in [4.78, 5) is 19.2. The Morgan fingerprint density at radius 1 is 1.24 bits per heavy atom. The van der Waals surface area contributed by atoms with E-state index in [4.69, 9.17) is 27.9 Å². The van der Waals surface area contributed by atoms with Crippen LogP contribution in [0.4, 0.5) is 0 Å². The average molecular weight is 644 g/mol. The van der Waals surface area contributed by atoms with Crippen LogP contribution in [0.1, 0.15) is 84.7 Å². The highest BCUT2D eigenvalue weighted by molar-refractivity contribution is 5.88. The maximum absolute atomic E-state index is 14.2. The minimum atomic E-state index is -2.73. The Bertz CT molecular complexity index is 1450. The third-order valence-corrected chi connectivity index (χ3v) is 10.1. The third kappa shape index (κ3) is 6.99. The quantitative estimate of drug-likeness (QED) is 0.174. The Morgan fingerprint density at radius 2 is 2.02 bits per heavy atom. The number of fused-ring (bicyclic) bond motifs is 2. The number of carbonyl (C=O) groups excluding carboxylic acids is 1. The maximum atomic E-state index is 14.2. The summed E-state index contributed by atoms with van der Waals surface area (Å²) in [5.74, 6) is -2.94. The molecular weight excluding hydrogens is 587 g/mol. The molecule has 10 atom stereocenters. The first-order valence-corrected chi connectivity index (χ1v) is 16.6. The van der Waals surface area contributed by atoms with E-state index in [1.165, 1.54) is 5.57 Å². The molecule has 0 aromatic heterocycles. The first-order valence-electron chi connectivity index (χ1n) is 18.1. The Hall–Kier alpha value is -2.56. The minimum absolute atomic E-state index is 0.0698. The zero-order valence-electron chi connectivity index (χ0n) is 31.2. The lowest BCUT2D eigenvalue weighted by molar-refractivity contribution is -0.313. The van der Waals surface area contributed by atoms with E-state index in [2.05, 4.69) is 51.1 Å². The highest BCUT2D eigenvalue weighted by Crippen LogP contribution is 2.47. The molecule has 4 heterocycles. The number of nitrogens with zero attached hydrogens (tertiary/aromatic N) is 1. The van der Waals surface area contributed by atoms with Gasteiger partial charge < -0.3 is 34.0 Å². The number of esters is 1. The zero-order chi connectivity index (χ0) is 35.9. The molecule has 9 heteroatoms. The van der Waals surface area contributed by atoms with E-state index in [1.807, 2.05) is 19.9 Å². The fraction of sp³-hybridized carbons (Fsp3) is 0.676. The van der Waals surface area contributed by atoms with Gasteiger partial charge >= 0.3 is 5.97 Å². The molecule has 0 unspecified atom stereocenters. The average Bonchev–Trinajstić information content (AvgIpc) is 3.33. The van der Waals surface area contributed by atoms with Crippen LogP contribution < -0.4 is 0 Å². The van der Waals surface area contributed by atoms with Crippen LogP contribution in [0, 0.1) is 23.7 Å². The predicted molar refractivity (Wildman–Crippen MR) is 176 cm³/mol. The second-order valence-electron chi connectivity index (χ2n) is 14.4. The van der Waals surface area contributed by atoms with E-state index >= 15 is 0 Å². The van der Waals surface area contributed by atoms with Crippen molar-refractivity contribution < 1.29 is 42.9 Å². The van der Waals surface area contributed by atoms with Crippen LogP contribution >= 0.6 is 0 Å². The van der Waals surface area contributed by atoms with Crippen molar-refractivity contribution >= 4 is 11.7 Å². The molecule has 3 fully saturated rings. The maximum Gasteiger partial charge on any atom is 0.316 e. The van der Waals surface area contributed by atoms with Gasteiger partial charge in [-0.1, -0.05) is 74.9 Å². The smallest absolute Gasteiger partial charge is 0.316 e. The second kappa shape index (κ2) is 13.9. The molecule has 5 aliphatic rings. The number of aliphatic hydroxyl groups is 2. The van der Waals surface area contributed by atoms with Gasteiger partial charge in [0.25, 0.3) is 0 Å². The number of hydrogen-bond acceptors (Lipinski definition) is 9. The van der Waals surface area contributed by atoms with Crippen LogP contribution in [0.25, 0.3) is 0 Å². The van der Waals surface area contributed by atoms with Crippen LogP contribution in [0.3, 0.4) is 0 Å². The highest BCUT2D eigenvalue weighted by Gasteiger charge is 2.60. The van der Waals surface area contributed by atoms with Gasteiger partial charge in [-0.3, -0.25) is 4.79 Å². The van der Waals surface area contributed by atoms with Gasteiger partial charge in [-0.15, -0.1) is 0 Å². The minimum Gasteiger partial charge on any atom is -0.462 e. The number of aliphatic hydroxyl groups excluding tert-OH is 1. The van der Waals surface area contributed by atoms with Gasteiger partial charge in [-0.25, -0.2) is 0 Å². The second-order valence-corrected chi connectivity index (χ2v) is 14.4. The summed E-state index contributed by atoms with van der Waals surface area (Å²) < 4.78 is 48.7. The van der Waals surface area contributed by atoms with E-state index in [0.717, 1.165) is 12.0 Å². The summed E-state index contributed by atoms with van der Waals surface area (Å²) in [5, 5.41) is 27.3. The Labute approximate surface area is 278 Å². The summed E-state index contributed by atoms with van der Waals surface area (Å²) in [5.41, 5.74) is 1.83. The predicted octanol–water partition coefficient (Wildman–Crippen LogP) is 5.73. The molecule has 0 aromatic carbocycles. The van der Waals surface area contributed by atoms with Crippen molar-refractivity contribution in [2.75, 3.05) is 13.6 Å². The van der Waals surface area contributed by atoms with E-state index in [0.29, 0.717) is 29.7 Å². The van der Waals surface area contributed by atoms with Crippen LogP contribution in [0.5, 0.6) is 0 Å². The molecule has 2 bridgehead atoms. The number of hydrogen-bond donors (Lipinski definition) is 2. The largest absolute Gasteiger partial charge is 0.462 e. The van der Waals surface area contributed by atoms with Crippen molar-refractivity contribution in [2.45, 2.75) is 122 Å². The van der Waals surface area contributed by atoms with Gasteiger partial charge in [-0.2, -0.15) is 0 Å². The lowest BCUT2D eigenvalue weighted by Crippen LogP contribution is -2.59. The Balaban J connectivity index is 1.56. The summed E-state index contributed by atoms with van der Waals surface area (Å²) >= 11 is 0. The van der Waals surface area contributed by atoms with Crippen molar-refractivity contribution in [3.05, 3.63) is 58.7 Å². The highest BCUT2D eigenvalue weighted by atomic mass is 16.7. The molecule has 254 valence electrons. The molecule has 1 spiro atoms. The zero-order valence-corrected chi connectivity index (χ0v) is 28.2. The Morgan fingerprint density at radius 3 is 2.76 bits per heavy atom. The van der Waals surface area contributed by atoms with Gasteiger partial charge in [-0.05, 0) is 62.2 Å². The van der Waals surface area contributed by atoms with E-state index in [-0.39, 0.29) is 37.2 Å². The summed E-state index contributed by atoms with van der Waals surface area (Å²) in [7, 11) is -2.73. The van der Waals surface area contributed by atoms with Crippen LogP contribution in [0.15, 0.2) is 63.9 Å². The molecule has 0 radical (unpaired) electrons. The first-order chi connectivity index (χ1) is 22.9. The molecule has 3 saturated heterocycles. The monoisotopic (exact) mass is 643 g/mol. The number of allylic oxidation sites excluding steroid dienone is 5. The lowest BCUT2D eigenvalue weighted by atomic mass is 9.71. The molecule has 9 nitrogen and oxygen atoms in total. The first kappa shape index (κ1) is 30.8. The van der Waals surface area contributed by atoms with Gasteiger partial charge in [0.1, 0.15) is 36.9 Å². The lowest BCUT2D eigenvalue weighted by Gasteiger charge is -2.50. The van der Waals surface area contributed by atoms with Crippen molar-refractivity contribution in [3.63, 3.8) is 0 Å². The summed E-state index contributed by atoms with van der Waals surface area (Å²) in [6.45, 7) is 14.0. The van der Waals surface area contributed by atoms with Crippen molar-refractivity contribution in [1.29, 1.82) is 0 Å². The molecule has 46 heavy (non-hydrogen) atoms. The topological polar surface area (TPSA) is 116 Å². The van der Waals surface area contributed by atoms with Crippen molar-refractivity contribution in [2.24, 2.45) is 28.8 Å².